The van der Waals surface area contributed by atoms with E-state index in [1.54, 1.807) is 6.07 Å². The van der Waals surface area contributed by atoms with Gasteiger partial charge in [0, 0.05) is 6.04 Å². The average Bonchev–Trinajstić information content (AvgIpc) is 2.37. The minimum absolute atomic E-state index is 0.217. The number of rotatable bonds is 7. The van der Waals surface area contributed by atoms with Gasteiger partial charge in [0.2, 0.25) is 0 Å². The van der Waals surface area contributed by atoms with Gasteiger partial charge in [-0.25, -0.2) is 0 Å². The summed E-state index contributed by atoms with van der Waals surface area (Å²) >= 11 is 6.17. The van der Waals surface area contributed by atoms with Gasteiger partial charge in [-0.3, -0.25) is 4.79 Å². The van der Waals surface area contributed by atoms with E-state index in [1.807, 2.05) is 26.0 Å². The number of benzene rings is 1. The van der Waals surface area contributed by atoms with Gasteiger partial charge < -0.3 is 15.8 Å². The molecule has 0 aliphatic carbocycles. The van der Waals surface area contributed by atoms with Crippen molar-refractivity contribution in [1.29, 1.82) is 0 Å². The molecule has 5 heteroatoms. The smallest absolute Gasteiger partial charge is 0.258 e. The molecule has 0 fully saturated rings. The van der Waals surface area contributed by atoms with Gasteiger partial charge in [0.25, 0.3) is 5.91 Å². The van der Waals surface area contributed by atoms with Crippen molar-refractivity contribution < 1.29 is 9.53 Å². The summed E-state index contributed by atoms with van der Waals surface area (Å²) < 4.78 is 5.52. The minimum Gasteiger partial charge on any atom is -0.479 e. The highest BCUT2D eigenvalue weighted by molar-refractivity contribution is 6.32. The Kier molecular flexibility index (Phi) is 6.12. The quantitative estimate of drug-likeness (QED) is 0.809. The molecule has 0 spiro atoms. The maximum Gasteiger partial charge on any atom is 0.258 e. The van der Waals surface area contributed by atoms with Gasteiger partial charge in [0.15, 0.2) is 6.10 Å². The number of ether oxygens (including phenoxy) is 1. The molecule has 4 nitrogen and oxygen atoms in total. The van der Waals surface area contributed by atoms with E-state index in [2.05, 4.69) is 12.2 Å². The molecule has 1 aromatic rings. The van der Waals surface area contributed by atoms with E-state index >= 15 is 0 Å². The molecular weight excluding hydrogens is 264 g/mol. The first-order valence-corrected chi connectivity index (χ1v) is 6.86. The number of hydrogen-bond acceptors (Lipinski definition) is 3. The van der Waals surface area contributed by atoms with Crippen molar-refractivity contribution in [2.75, 3.05) is 6.54 Å². The summed E-state index contributed by atoms with van der Waals surface area (Å²) in [7, 11) is 0. The average molecular weight is 285 g/mol. The Morgan fingerprint density at radius 2 is 2.16 bits per heavy atom. The molecule has 1 rings (SSSR count). The second-order valence-electron chi connectivity index (χ2n) is 4.39. The number of primary amides is 1. The molecule has 0 bridgehead atoms. The number of halogens is 1. The zero-order valence-electron chi connectivity index (χ0n) is 11.6. The lowest BCUT2D eigenvalue weighted by Gasteiger charge is -2.17. The van der Waals surface area contributed by atoms with Crippen LogP contribution in [0.25, 0.3) is 0 Å². The molecule has 1 amide bonds. The standard InChI is InChI=1S/C14H21ClN2O2/c1-4-12(14(16)18)19-13-7-6-10(8-11(13)15)9(3)17-5-2/h6-9,12,17H,4-5H2,1-3H3,(H2,16,18). The summed E-state index contributed by atoms with van der Waals surface area (Å²) in [5.41, 5.74) is 6.32. The van der Waals surface area contributed by atoms with E-state index in [0.29, 0.717) is 17.2 Å². The van der Waals surface area contributed by atoms with E-state index in [-0.39, 0.29) is 6.04 Å². The summed E-state index contributed by atoms with van der Waals surface area (Å²) in [4.78, 5) is 11.2. The van der Waals surface area contributed by atoms with Gasteiger partial charge in [-0.2, -0.15) is 0 Å². The number of nitrogens with one attached hydrogen (secondary N) is 1. The summed E-state index contributed by atoms with van der Waals surface area (Å²) in [6.45, 7) is 6.84. The molecule has 19 heavy (non-hydrogen) atoms. The van der Waals surface area contributed by atoms with Crippen molar-refractivity contribution in [3.63, 3.8) is 0 Å². The first-order chi connectivity index (χ1) is 8.99. The zero-order valence-corrected chi connectivity index (χ0v) is 12.3. The van der Waals surface area contributed by atoms with E-state index in [4.69, 9.17) is 22.1 Å². The molecule has 0 aromatic heterocycles. The Bertz CT molecular complexity index is 437. The Morgan fingerprint density at radius 3 is 2.63 bits per heavy atom. The third-order valence-electron chi connectivity index (χ3n) is 2.92. The molecular formula is C14H21ClN2O2. The molecule has 0 radical (unpaired) electrons. The lowest BCUT2D eigenvalue weighted by Crippen LogP contribution is -2.33. The highest BCUT2D eigenvalue weighted by Crippen LogP contribution is 2.29. The van der Waals surface area contributed by atoms with E-state index in [1.165, 1.54) is 0 Å². The van der Waals surface area contributed by atoms with Crippen LogP contribution in [0.1, 0.15) is 38.8 Å². The molecule has 0 aliphatic heterocycles. The van der Waals surface area contributed by atoms with Crippen LogP contribution in [0.4, 0.5) is 0 Å². The van der Waals surface area contributed by atoms with Crippen molar-refractivity contribution in [3.05, 3.63) is 28.8 Å². The predicted octanol–water partition coefficient (Wildman–Crippen LogP) is 2.65. The molecule has 1 aromatic carbocycles. The van der Waals surface area contributed by atoms with E-state index in [9.17, 15) is 4.79 Å². The molecule has 0 heterocycles. The van der Waals surface area contributed by atoms with Crippen LogP contribution >= 0.6 is 11.6 Å². The monoisotopic (exact) mass is 284 g/mol. The van der Waals surface area contributed by atoms with Gasteiger partial charge in [0.1, 0.15) is 5.75 Å². The first kappa shape index (κ1) is 15.8. The second kappa shape index (κ2) is 7.36. The van der Waals surface area contributed by atoms with E-state index in [0.717, 1.165) is 12.1 Å². The lowest BCUT2D eigenvalue weighted by molar-refractivity contribution is -0.124. The fourth-order valence-corrected chi connectivity index (χ4v) is 2.04. The largest absolute Gasteiger partial charge is 0.479 e. The van der Waals surface area contributed by atoms with Crippen LogP contribution in [0, 0.1) is 0 Å². The number of carbonyl (C=O) groups excluding carboxylic acids is 1. The second-order valence-corrected chi connectivity index (χ2v) is 4.79. The maximum atomic E-state index is 11.2. The van der Waals surface area contributed by atoms with Crippen molar-refractivity contribution >= 4 is 17.5 Å². The fourth-order valence-electron chi connectivity index (χ4n) is 1.80. The number of nitrogens with two attached hydrogens (primary N) is 1. The molecule has 0 aliphatic rings. The molecule has 3 N–H and O–H groups in total. The van der Waals surface area contributed by atoms with Gasteiger partial charge in [0.05, 0.1) is 5.02 Å². The van der Waals surface area contributed by atoms with Crippen LogP contribution in [0.5, 0.6) is 5.75 Å². The number of hydrogen-bond donors (Lipinski definition) is 2. The summed E-state index contributed by atoms with van der Waals surface area (Å²) in [6, 6.07) is 5.77. The van der Waals surface area contributed by atoms with Crippen LogP contribution in [0.15, 0.2) is 18.2 Å². The van der Waals surface area contributed by atoms with Gasteiger partial charge in [-0.05, 0) is 37.6 Å². The van der Waals surface area contributed by atoms with Gasteiger partial charge in [-0.15, -0.1) is 0 Å². The molecule has 106 valence electrons. The predicted molar refractivity (Wildman–Crippen MR) is 77.4 cm³/mol. The number of carbonyl (C=O) groups is 1. The summed E-state index contributed by atoms with van der Waals surface area (Å²) in [6.07, 6.45) is -0.129. The normalized spacial score (nSPS) is 13.9. The molecule has 0 saturated heterocycles. The Hall–Kier alpha value is -1.26. The van der Waals surface area contributed by atoms with Crippen molar-refractivity contribution in [1.82, 2.24) is 5.32 Å². The topological polar surface area (TPSA) is 64.3 Å². The zero-order chi connectivity index (χ0) is 14.4. The highest BCUT2D eigenvalue weighted by atomic mass is 35.5. The lowest BCUT2D eigenvalue weighted by atomic mass is 10.1. The summed E-state index contributed by atoms with van der Waals surface area (Å²) in [5, 5.41) is 3.79. The van der Waals surface area contributed by atoms with Crippen LogP contribution < -0.4 is 15.8 Å². The SMILES string of the molecule is CCNC(C)c1ccc(OC(CC)C(N)=O)c(Cl)c1. The van der Waals surface area contributed by atoms with Crippen molar-refractivity contribution in [2.45, 2.75) is 39.3 Å². The van der Waals surface area contributed by atoms with Crippen molar-refractivity contribution in [3.8, 4) is 5.75 Å². The van der Waals surface area contributed by atoms with Crippen LogP contribution in [0.2, 0.25) is 5.02 Å². The maximum absolute atomic E-state index is 11.2. The van der Waals surface area contributed by atoms with Crippen LogP contribution in [-0.2, 0) is 4.79 Å². The highest BCUT2D eigenvalue weighted by Gasteiger charge is 2.16. The van der Waals surface area contributed by atoms with Gasteiger partial charge in [-0.1, -0.05) is 31.5 Å². The third-order valence-corrected chi connectivity index (χ3v) is 3.22. The summed E-state index contributed by atoms with van der Waals surface area (Å²) in [5.74, 6) is 0.00317. The third kappa shape index (κ3) is 4.40. The molecule has 2 unspecified atom stereocenters. The first-order valence-electron chi connectivity index (χ1n) is 6.48. The Morgan fingerprint density at radius 1 is 1.47 bits per heavy atom. The molecule has 2 atom stereocenters. The van der Waals surface area contributed by atoms with Crippen molar-refractivity contribution in [2.24, 2.45) is 5.73 Å². The fraction of sp³-hybridized carbons (Fsp3) is 0.500. The Balaban J connectivity index is 2.85. The van der Waals surface area contributed by atoms with Crippen LogP contribution in [-0.4, -0.2) is 18.6 Å². The molecule has 0 saturated carbocycles. The minimum atomic E-state index is -0.644. The van der Waals surface area contributed by atoms with Crippen LogP contribution in [0.3, 0.4) is 0 Å². The number of amides is 1. The van der Waals surface area contributed by atoms with E-state index < -0.39 is 12.0 Å². The Labute approximate surface area is 119 Å². The van der Waals surface area contributed by atoms with Gasteiger partial charge >= 0.3 is 0 Å².